The van der Waals surface area contributed by atoms with Gasteiger partial charge in [0.2, 0.25) is 0 Å². The topological polar surface area (TPSA) is 48.7 Å². The van der Waals surface area contributed by atoms with Crippen molar-refractivity contribution in [1.29, 1.82) is 5.26 Å². The van der Waals surface area contributed by atoms with E-state index in [1.54, 1.807) is 12.4 Å². The first-order chi connectivity index (χ1) is 9.74. The van der Waals surface area contributed by atoms with E-state index in [9.17, 15) is 0 Å². The van der Waals surface area contributed by atoms with E-state index in [1.807, 2.05) is 24.3 Å². The molecule has 0 bridgehead atoms. The lowest BCUT2D eigenvalue weighted by atomic mass is 10.0. The van der Waals surface area contributed by atoms with Crippen molar-refractivity contribution in [2.45, 2.75) is 19.9 Å². The lowest BCUT2D eigenvalue weighted by Crippen LogP contribution is -2.13. The third-order valence-electron chi connectivity index (χ3n) is 3.00. The molecule has 20 heavy (non-hydrogen) atoms. The van der Waals surface area contributed by atoms with Crippen molar-refractivity contribution in [2.75, 3.05) is 6.54 Å². The highest BCUT2D eigenvalue weighted by molar-refractivity contribution is 6.31. The summed E-state index contributed by atoms with van der Waals surface area (Å²) in [6, 6.07) is 9.84. The molecule has 0 aliphatic carbocycles. The molecule has 102 valence electrons. The Balaban J connectivity index is 2.22. The Morgan fingerprint density at radius 2 is 2.10 bits per heavy atom. The molecule has 0 atom stereocenters. The highest BCUT2D eigenvalue weighted by Crippen LogP contribution is 2.25. The SMILES string of the molecule is CCCNCc1ccc(-c2cncc(C#N)c2)cc1Cl. The van der Waals surface area contributed by atoms with Gasteiger partial charge in [-0.05, 0) is 36.2 Å². The summed E-state index contributed by atoms with van der Waals surface area (Å²) in [5, 5.41) is 13.0. The first-order valence-corrected chi connectivity index (χ1v) is 6.97. The van der Waals surface area contributed by atoms with E-state index in [0.717, 1.165) is 41.2 Å². The number of nitrogens with zero attached hydrogens (tertiary/aromatic N) is 2. The first-order valence-electron chi connectivity index (χ1n) is 6.59. The van der Waals surface area contributed by atoms with Crippen LogP contribution in [0.5, 0.6) is 0 Å². The van der Waals surface area contributed by atoms with Crippen LogP contribution in [0.2, 0.25) is 5.02 Å². The number of hydrogen-bond acceptors (Lipinski definition) is 3. The van der Waals surface area contributed by atoms with Crippen molar-refractivity contribution in [2.24, 2.45) is 0 Å². The van der Waals surface area contributed by atoms with Crippen LogP contribution in [0.1, 0.15) is 24.5 Å². The molecule has 3 nitrogen and oxygen atoms in total. The van der Waals surface area contributed by atoms with Gasteiger partial charge in [-0.2, -0.15) is 5.26 Å². The Morgan fingerprint density at radius 1 is 1.25 bits per heavy atom. The van der Waals surface area contributed by atoms with Gasteiger partial charge in [0.05, 0.1) is 5.56 Å². The summed E-state index contributed by atoms with van der Waals surface area (Å²) in [4.78, 5) is 4.07. The van der Waals surface area contributed by atoms with Crippen molar-refractivity contribution in [1.82, 2.24) is 10.3 Å². The van der Waals surface area contributed by atoms with E-state index in [4.69, 9.17) is 16.9 Å². The van der Waals surface area contributed by atoms with E-state index in [1.165, 1.54) is 0 Å². The van der Waals surface area contributed by atoms with Crippen molar-refractivity contribution in [3.05, 3.63) is 52.8 Å². The van der Waals surface area contributed by atoms with Gasteiger partial charge in [-0.1, -0.05) is 30.7 Å². The summed E-state index contributed by atoms with van der Waals surface area (Å²) < 4.78 is 0. The molecular weight excluding hydrogens is 270 g/mol. The van der Waals surface area contributed by atoms with E-state index < -0.39 is 0 Å². The minimum Gasteiger partial charge on any atom is -0.313 e. The van der Waals surface area contributed by atoms with Gasteiger partial charge in [0, 0.05) is 29.5 Å². The zero-order chi connectivity index (χ0) is 14.4. The minimum atomic E-state index is 0.548. The normalized spacial score (nSPS) is 10.2. The Bertz CT molecular complexity index is 632. The number of aromatic nitrogens is 1. The molecule has 0 spiro atoms. The number of nitriles is 1. The molecule has 0 fully saturated rings. The average molecular weight is 286 g/mol. The van der Waals surface area contributed by atoms with Gasteiger partial charge in [-0.15, -0.1) is 0 Å². The monoisotopic (exact) mass is 285 g/mol. The zero-order valence-corrected chi connectivity index (χ0v) is 12.1. The fourth-order valence-corrected chi connectivity index (χ4v) is 2.18. The summed E-state index contributed by atoms with van der Waals surface area (Å²) in [6.45, 7) is 3.88. The quantitative estimate of drug-likeness (QED) is 0.851. The third kappa shape index (κ3) is 3.57. The summed E-state index contributed by atoms with van der Waals surface area (Å²) in [6.07, 6.45) is 4.39. The molecular formula is C16H16ClN3. The average Bonchev–Trinajstić information content (AvgIpc) is 2.49. The molecule has 0 saturated carbocycles. The Kier molecular flexibility index (Phi) is 5.11. The Morgan fingerprint density at radius 3 is 2.80 bits per heavy atom. The van der Waals surface area contributed by atoms with Gasteiger partial charge in [0.1, 0.15) is 6.07 Å². The molecule has 1 N–H and O–H groups in total. The highest BCUT2D eigenvalue weighted by atomic mass is 35.5. The molecule has 0 aliphatic rings. The van der Waals surface area contributed by atoms with Crippen molar-refractivity contribution < 1.29 is 0 Å². The number of rotatable bonds is 5. The number of benzene rings is 1. The molecule has 1 aromatic carbocycles. The van der Waals surface area contributed by atoms with Crippen LogP contribution < -0.4 is 5.32 Å². The molecule has 4 heteroatoms. The Labute approximate surface area is 124 Å². The second kappa shape index (κ2) is 7.04. The lowest BCUT2D eigenvalue weighted by molar-refractivity contribution is 0.675. The van der Waals surface area contributed by atoms with E-state index in [2.05, 4.69) is 23.3 Å². The van der Waals surface area contributed by atoms with Gasteiger partial charge in [0.15, 0.2) is 0 Å². The maximum absolute atomic E-state index is 8.90. The van der Waals surface area contributed by atoms with Crippen LogP contribution in [0.4, 0.5) is 0 Å². The Hall–Kier alpha value is -1.89. The minimum absolute atomic E-state index is 0.548. The van der Waals surface area contributed by atoms with Crippen LogP contribution in [0, 0.1) is 11.3 Å². The molecule has 1 heterocycles. The molecule has 0 saturated heterocycles. The first kappa shape index (κ1) is 14.5. The largest absolute Gasteiger partial charge is 0.313 e. The standard InChI is InChI=1S/C16H16ClN3/c1-2-5-19-10-14-4-3-13(7-16(14)17)15-6-12(8-18)9-20-11-15/h3-4,6-7,9,11,19H,2,5,10H2,1H3. The fraction of sp³-hybridized carbons (Fsp3) is 0.250. The molecule has 0 aliphatic heterocycles. The molecule has 1 aromatic heterocycles. The lowest BCUT2D eigenvalue weighted by Gasteiger charge is -2.08. The maximum atomic E-state index is 8.90. The number of halogens is 1. The second-order valence-electron chi connectivity index (χ2n) is 4.56. The summed E-state index contributed by atoms with van der Waals surface area (Å²) in [5.41, 5.74) is 3.50. The van der Waals surface area contributed by atoms with Crippen LogP contribution in [-0.4, -0.2) is 11.5 Å². The van der Waals surface area contributed by atoms with Gasteiger partial charge in [-0.25, -0.2) is 0 Å². The number of hydrogen-bond donors (Lipinski definition) is 1. The summed E-state index contributed by atoms with van der Waals surface area (Å²) in [5.74, 6) is 0. The predicted octanol–water partition coefficient (Wildman–Crippen LogP) is 3.77. The zero-order valence-electron chi connectivity index (χ0n) is 11.4. The van der Waals surface area contributed by atoms with Crippen LogP contribution in [0.3, 0.4) is 0 Å². The van der Waals surface area contributed by atoms with E-state index in [-0.39, 0.29) is 0 Å². The molecule has 0 unspecified atom stereocenters. The summed E-state index contributed by atoms with van der Waals surface area (Å²) >= 11 is 6.31. The van der Waals surface area contributed by atoms with E-state index in [0.29, 0.717) is 5.56 Å². The maximum Gasteiger partial charge on any atom is 0.101 e. The summed E-state index contributed by atoms with van der Waals surface area (Å²) in [7, 11) is 0. The van der Waals surface area contributed by atoms with Crippen LogP contribution in [-0.2, 0) is 6.54 Å². The smallest absolute Gasteiger partial charge is 0.101 e. The van der Waals surface area contributed by atoms with Crippen molar-refractivity contribution in [3.63, 3.8) is 0 Å². The molecule has 2 aromatic rings. The van der Waals surface area contributed by atoms with Crippen molar-refractivity contribution >= 4 is 11.6 Å². The van der Waals surface area contributed by atoms with Crippen LogP contribution >= 0.6 is 11.6 Å². The van der Waals surface area contributed by atoms with Gasteiger partial charge >= 0.3 is 0 Å². The predicted molar refractivity (Wildman–Crippen MR) is 81.4 cm³/mol. The fourth-order valence-electron chi connectivity index (χ4n) is 1.93. The van der Waals surface area contributed by atoms with Gasteiger partial charge in [-0.3, -0.25) is 4.98 Å². The van der Waals surface area contributed by atoms with Gasteiger partial charge < -0.3 is 5.32 Å². The van der Waals surface area contributed by atoms with Crippen LogP contribution in [0.15, 0.2) is 36.7 Å². The number of pyridine rings is 1. The van der Waals surface area contributed by atoms with E-state index >= 15 is 0 Å². The van der Waals surface area contributed by atoms with Gasteiger partial charge in [0.25, 0.3) is 0 Å². The number of nitrogens with one attached hydrogen (secondary N) is 1. The molecule has 0 amide bonds. The highest BCUT2D eigenvalue weighted by Gasteiger charge is 2.05. The van der Waals surface area contributed by atoms with Crippen LogP contribution in [0.25, 0.3) is 11.1 Å². The van der Waals surface area contributed by atoms with Crippen molar-refractivity contribution in [3.8, 4) is 17.2 Å². The third-order valence-corrected chi connectivity index (χ3v) is 3.35. The molecule has 2 rings (SSSR count). The molecule has 0 radical (unpaired) electrons. The second-order valence-corrected chi connectivity index (χ2v) is 4.96.